The molecular weight excluding hydrogens is 665 g/mol. The van der Waals surface area contributed by atoms with E-state index < -0.39 is 22.0 Å². The molecule has 0 saturated carbocycles. The number of aliphatic hydroxyl groups excluding tert-OH is 2. The Morgan fingerprint density at radius 2 is 0.824 bits per heavy atom. The molecule has 11 heteroatoms. The molecule has 2 unspecified atom stereocenters. The summed E-state index contributed by atoms with van der Waals surface area (Å²) in [5, 5.41) is 21.2. The number of benzene rings is 4. The van der Waals surface area contributed by atoms with Crippen molar-refractivity contribution in [3.63, 3.8) is 0 Å². The molecule has 0 aliphatic carbocycles. The Labute approximate surface area is 302 Å². The molecular formula is C40H50N4O6S. The third-order valence-electron chi connectivity index (χ3n) is 9.52. The van der Waals surface area contributed by atoms with Crippen molar-refractivity contribution >= 4 is 9.84 Å². The molecule has 4 aromatic rings. The van der Waals surface area contributed by atoms with Gasteiger partial charge in [0.15, 0.2) is 0 Å². The van der Waals surface area contributed by atoms with Gasteiger partial charge in [-0.05, 0) is 59.7 Å². The quantitative estimate of drug-likeness (QED) is 0.179. The van der Waals surface area contributed by atoms with E-state index in [9.17, 15) is 18.6 Å². The van der Waals surface area contributed by atoms with E-state index >= 15 is 0 Å². The average Bonchev–Trinajstić information content (AvgIpc) is 3.16. The van der Waals surface area contributed by atoms with E-state index in [4.69, 9.17) is 9.47 Å². The molecule has 2 atom stereocenters. The minimum atomic E-state index is -3.75. The van der Waals surface area contributed by atoms with Gasteiger partial charge in [-0.1, -0.05) is 60.7 Å². The molecule has 2 saturated heterocycles. The first kappa shape index (κ1) is 37.0. The van der Waals surface area contributed by atoms with Crippen LogP contribution in [-0.2, 0) is 22.9 Å². The Kier molecular flexibility index (Phi) is 13.1. The smallest absolute Gasteiger partial charge is 0.206 e. The third-order valence-corrected chi connectivity index (χ3v) is 11.3. The highest BCUT2D eigenvalue weighted by Gasteiger charge is 2.22. The molecule has 0 spiro atoms. The van der Waals surface area contributed by atoms with Crippen LogP contribution in [0.4, 0.5) is 0 Å². The molecule has 6 rings (SSSR count). The lowest BCUT2D eigenvalue weighted by Gasteiger charge is -2.35. The van der Waals surface area contributed by atoms with Crippen LogP contribution in [0.3, 0.4) is 0 Å². The van der Waals surface area contributed by atoms with Crippen LogP contribution in [0.5, 0.6) is 11.5 Å². The topological polar surface area (TPSA) is 106 Å². The van der Waals surface area contributed by atoms with Gasteiger partial charge in [0, 0.05) is 78.5 Å². The zero-order valence-electron chi connectivity index (χ0n) is 29.2. The van der Waals surface area contributed by atoms with E-state index in [2.05, 4.69) is 68.1 Å². The number of hydrogen-bond acceptors (Lipinski definition) is 10. The maximum Gasteiger partial charge on any atom is 0.206 e. The number of rotatable bonds is 16. The summed E-state index contributed by atoms with van der Waals surface area (Å²) in [6, 6.07) is 33.4. The number of sulfone groups is 1. The number of piperazine rings is 2. The number of nitrogens with zero attached hydrogens (tertiary/aromatic N) is 4. The lowest BCUT2D eigenvalue weighted by Crippen LogP contribution is -2.48. The summed E-state index contributed by atoms with van der Waals surface area (Å²) in [6.45, 7) is 10.5. The molecule has 0 aromatic heterocycles. The standard InChI is InChI=1S/C40H50N4O6S/c45-35(29-43-23-19-41(20-24-43)27-33-7-3-1-4-8-33)31-49-37-11-15-39(16-12-37)51(47,48)40-17-13-38(14-18-40)50-32-36(46)30-44-25-21-42(22-26-44)28-34-9-5-2-6-10-34/h1-18,35-36,45-46H,19-32H2. The maximum absolute atomic E-state index is 13.3. The van der Waals surface area contributed by atoms with E-state index in [1.807, 2.05) is 12.1 Å². The molecule has 2 aliphatic heterocycles. The van der Waals surface area contributed by atoms with Gasteiger partial charge in [-0.25, -0.2) is 8.42 Å². The molecule has 2 aliphatic rings. The monoisotopic (exact) mass is 714 g/mol. The van der Waals surface area contributed by atoms with Gasteiger partial charge in [0.25, 0.3) is 0 Å². The third kappa shape index (κ3) is 11.1. The summed E-state index contributed by atoms with van der Waals surface area (Å²) in [7, 11) is -3.75. The average molecular weight is 715 g/mol. The molecule has 0 bridgehead atoms. The van der Waals surface area contributed by atoms with Crippen LogP contribution < -0.4 is 9.47 Å². The summed E-state index contributed by atoms with van der Waals surface area (Å²) in [4.78, 5) is 9.65. The second-order valence-corrected chi connectivity index (χ2v) is 15.5. The summed E-state index contributed by atoms with van der Waals surface area (Å²) in [5.74, 6) is 0.995. The van der Waals surface area contributed by atoms with Gasteiger partial charge in [0.05, 0.1) is 9.79 Å². The fourth-order valence-electron chi connectivity index (χ4n) is 6.60. The lowest BCUT2D eigenvalue weighted by molar-refractivity contribution is 0.0445. The minimum absolute atomic E-state index is 0.123. The molecule has 51 heavy (non-hydrogen) atoms. The second kappa shape index (κ2) is 18.1. The number of β-amino-alcohol motifs (C(OH)–C–C–N with tert-alkyl or cyclic N) is 2. The van der Waals surface area contributed by atoms with Gasteiger partial charge in [-0.2, -0.15) is 0 Å². The van der Waals surface area contributed by atoms with Crippen LogP contribution >= 0.6 is 0 Å². The van der Waals surface area contributed by atoms with Crippen molar-refractivity contribution in [2.75, 3.05) is 78.7 Å². The SMILES string of the molecule is O=S(=O)(c1ccc(OCC(O)CN2CCN(Cc3ccccc3)CC2)cc1)c1ccc(OCC(O)CN2CCN(Cc3ccccc3)CC2)cc1. The fourth-order valence-corrected chi connectivity index (χ4v) is 7.86. The highest BCUT2D eigenvalue weighted by Crippen LogP contribution is 2.25. The second-order valence-electron chi connectivity index (χ2n) is 13.5. The van der Waals surface area contributed by atoms with Crippen LogP contribution in [-0.4, -0.2) is 129 Å². The van der Waals surface area contributed by atoms with Gasteiger partial charge >= 0.3 is 0 Å². The van der Waals surface area contributed by atoms with E-state index in [-0.39, 0.29) is 23.0 Å². The van der Waals surface area contributed by atoms with Gasteiger partial charge in [0.2, 0.25) is 9.84 Å². The molecule has 10 nitrogen and oxygen atoms in total. The van der Waals surface area contributed by atoms with E-state index in [0.717, 1.165) is 65.4 Å². The predicted octanol–water partition coefficient (Wildman–Crippen LogP) is 3.63. The fraction of sp³-hybridized carbons (Fsp3) is 0.400. The van der Waals surface area contributed by atoms with Crippen molar-refractivity contribution in [3.8, 4) is 11.5 Å². The number of aliphatic hydroxyl groups is 2. The molecule has 0 radical (unpaired) electrons. The van der Waals surface area contributed by atoms with E-state index in [1.165, 1.54) is 35.4 Å². The molecule has 2 fully saturated rings. The highest BCUT2D eigenvalue weighted by atomic mass is 32.2. The zero-order valence-corrected chi connectivity index (χ0v) is 30.0. The summed E-state index contributed by atoms with van der Waals surface area (Å²) < 4.78 is 38.2. The van der Waals surface area contributed by atoms with Crippen LogP contribution in [0, 0.1) is 0 Å². The summed E-state index contributed by atoms with van der Waals surface area (Å²) in [5.41, 5.74) is 2.62. The minimum Gasteiger partial charge on any atom is -0.491 e. The Balaban J connectivity index is 0.886. The number of ether oxygens (including phenoxy) is 2. The zero-order chi connectivity index (χ0) is 35.5. The first-order valence-electron chi connectivity index (χ1n) is 17.8. The van der Waals surface area contributed by atoms with Gasteiger partial charge in [-0.15, -0.1) is 0 Å². The molecule has 272 valence electrons. The van der Waals surface area contributed by atoms with Crippen LogP contribution in [0.1, 0.15) is 11.1 Å². The first-order valence-corrected chi connectivity index (χ1v) is 19.3. The molecule has 2 heterocycles. The lowest BCUT2D eigenvalue weighted by atomic mass is 10.2. The summed E-state index contributed by atoms with van der Waals surface area (Å²) in [6.07, 6.45) is -1.31. The van der Waals surface area contributed by atoms with Crippen molar-refractivity contribution in [1.82, 2.24) is 19.6 Å². The Bertz CT molecular complexity index is 1590. The van der Waals surface area contributed by atoms with Crippen molar-refractivity contribution in [2.45, 2.75) is 35.1 Å². The van der Waals surface area contributed by atoms with Crippen molar-refractivity contribution in [3.05, 3.63) is 120 Å². The predicted molar refractivity (Wildman–Crippen MR) is 198 cm³/mol. The van der Waals surface area contributed by atoms with Crippen molar-refractivity contribution in [2.24, 2.45) is 0 Å². The Morgan fingerprint density at radius 3 is 1.18 bits per heavy atom. The Hall–Kier alpha value is -3.81. The molecule has 2 N–H and O–H groups in total. The van der Waals surface area contributed by atoms with E-state index in [1.54, 1.807) is 24.3 Å². The van der Waals surface area contributed by atoms with Gasteiger partial charge in [-0.3, -0.25) is 19.6 Å². The van der Waals surface area contributed by atoms with Gasteiger partial charge < -0.3 is 19.7 Å². The molecule has 4 aromatic carbocycles. The normalized spacial score (nSPS) is 17.9. The maximum atomic E-state index is 13.3. The van der Waals surface area contributed by atoms with Gasteiger partial charge in [0.1, 0.15) is 36.9 Å². The van der Waals surface area contributed by atoms with Crippen LogP contribution in [0.2, 0.25) is 0 Å². The van der Waals surface area contributed by atoms with Crippen LogP contribution in [0.15, 0.2) is 119 Å². The summed E-state index contributed by atoms with van der Waals surface area (Å²) >= 11 is 0. The number of hydrogen-bond donors (Lipinski definition) is 2. The Morgan fingerprint density at radius 1 is 0.490 bits per heavy atom. The van der Waals surface area contributed by atoms with Crippen molar-refractivity contribution in [1.29, 1.82) is 0 Å². The van der Waals surface area contributed by atoms with Crippen molar-refractivity contribution < 1.29 is 28.1 Å². The van der Waals surface area contributed by atoms with E-state index in [0.29, 0.717) is 24.6 Å². The molecule has 0 amide bonds. The van der Waals surface area contributed by atoms with Crippen LogP contribution in [0.25, 0.3) is 0 Å². The highest BCUT2D eigenvalue weighted by molar-refractivity contribution is 7.91. The first-order chi connectivity index (χ1) is 24.8. The largest absolute Gasteiger partial charge is 0.491 e.